The predicted molar refractivity (Wildman–Crippen MR) is 98.4 cm³/mol. The summed E-state index contributed by atoms with van der Waals surface area (Å²) in [4.78, 5) is 24.6. The maximum absolute atomic E-state index is 12.5. The van der Waals surface area contributed by atoms with E-state index >= 15 is 0 Å². The van der Waals surface area contributed by atoms with Gasteiger partial charge in [-0.1, -0.05) is 32.0 Å². The lowest BCUT2D eigenvalue weighted by Crippen LogP contribution is -2.53. The predicted octanol–water partition coefficient (Wildman–Crippen LogP) is 3.08. The van der Waals surface area contributed by atoms with E-state index in [4.69, 9.17) is 0 Å². The zero-order valence-electron chi connectivity index (χ0n) is 15.0. The summed E-state index contributed by atoms with van der Waals surface area (Å²) in [6.45, 7) is 8.25. The van der Waals surface area contributed by atoms with E-state index < -0.39 is 11.6 Å². The quantitative estimate of drug-likeness (QED) is 0.753. The van der Waals surface area contributed by atoms with Crippen molar-refractivity contribution in [3.63, 3.8) is 0 Å². The summed E-state index contributed by atoms with van der Waals surface area (Å²) in [7, 11) is 0. The number of urea groups is 1. The van der Waals surface area contributed by atoms with E-state index in [1.54, 1.807) is 43.1 Å². The summed E-state index contributed by atoms with van der Waals surface area (Å²) in [5.41, 5.74) is 0.175. The summed E-state index contributed by atoms with van der Waals surface area (Å²) >= 11 is 0. The third-order valence-electron chi connectivity index (χ3n) is 3.47. The van der Waals surface area contributed by atoms with Crippen LogP contribution in [0.25, 0.3) is 0 Å². The molecule has 0 radical (unpaired) electrons. The highest BCUT2D eigenvalue weighted by atomic mass is 16.2. The maximum Gasteiger partial charge on any atom is 0.320 e. The van der Waals surface area contributed by atoms with Crippen molar-refractivity contribution in [1.29, 1.82) is 0 Å². The fourth-order valence-electron chi connectivity index (χ4n) is 2.21. The highest BCUT2D eigenvalue weighted by Crippen LogP contribution is 2.12. The van der Waals surface area contributed by atoms with Crippen LogP contribution < -0.4 is 16.0 Å². The molecule has 0 aliphatic carbocycles. The lowest BCUT2D eigenvalue weighted by Gasteiger charge is -2.24. The van der Waals surface area contributed by atoms with Gasteiger partial charge < -0.3 is 16.0 Å². The molecule has 0 aliphatic rings. The largest absolute Gasteiger partial charge is 0.324 e. The van der Waals surface area contributed by atoms with Crippen LogP contribution in [0.15, 0.2) is 42.7 Å². The van der Waals surface area contributed by atoms with Crippen molar-refractivity contribution in [2.24, 2.45) is 5.92 Å². The zero-order valence-corrected chi connectivity index (χ0v) is 15.0. The first-order valence-corrected chi connectivity index (χ1v) is 8.24. The second-order valence-electron chi connectivity index (χ2n) is 6.87. The minimum atomic E-state index is -1.08. The molecule has 0 fully saturated rings. The molecule has 7 heteroatoms. The van der Waals surface area contributed by atoms with E-state index in [0.29, 0.717) is 17.3 Å². The SMILES string of the molecule is CC(C)Cn1cc(NC(=O)C(C)(C)NC(=O)Nc2ccccc2)cn1. The normalized spacial score (nSPS) is 11.2. The molecule has 7 nitrogen and oxygen atoms in total. The summed E-state index contributed by atoms with van der Waals surface area (Å²) in [6, 6.07) is 8.61. The van der Waals surface area contributed by atoms with Gasteiger partial charge in [0, 0.05) is 18.4 Å². The molecule has 3 N–H and O–H groups in total. The van der Waals surface area contributed by atoms with Crippen LogP contribution in [0, 0.1) is 5.92 Å². The van der Waals surface area contributed by atoms with E-state index in [9.17, 15) is 9.59 Å². The smallest absolute Gasteiger partial charge is 0.320 e. The fourth-order valence-corrected chi connectivity index (χ4v) is 2.21. The Morgan fingerprint density at radius 3 is 2.44 bits per heavy atom. The Morgan fingerprint density at radius 1 is 1.12 bits per heavy atom. The molecule has 0 saturated heterocycles. The Morgan fingerprint density at radius 2 is 1.80 bits per heavy atom. The van der Waals surface area contributed by atoms with Crippen LogP contribution in [0.2, 0.25) is 0 Å². The van der Waals surface area contributed by atoms with Crippen molar-refractivity contribution in [3.8, 4) is 0 Å². The van der Waals surface area contributed by atoms with Crippen molar-refractivity contribution in [1.82, 2.24) is 15.1 Å². The van der Waals surface area contributed by atoms with E-state index in [2.05, 4.69) is 34.9 Å². The molecule has 0 saturated carbocycles. The van der Waals surface area contributed by atoms with Crippen molar-refractivity contribution in [2.45, 2.75) is 39.8 Å². The molecule has 0 unspecified atom stereocenters. The minimum Gasteiger partial charge on any atom is -0.324 e. The number of hydrogen-bond acceptors (Lipinski definition) is 3. The standard InChI is InChI=1S/C18H25N5O2/c1-13(2)11-23-12-15(10-19-23)20-16(24)18(3,4)22-17(25)21-14-8-6-5-7-9-14/h5-10,12-13H,11H2,1-4H3,(H,20,24)(H2,21,22,25). The molecule has 2 aromatic rings. The van der Waals surface area contributed by atoms with E-state index in [-0.39, 0.29) is 5.91 Å². The van der Waals surface area contributed by atoms with Gasteiger partial charge in [-0.2, -0.15) is 5.10 Å². The van der Waals surface area contributed by atoms with Gasteiger partial charge in [-0.05, 0) is 31.9 Å². The van der Waals surface area contributed by atoms with Gasteiger partial charge in [0.2, 0.25) is 5.91 Å². The third kappa shape index (κ3) is 5.63. The van der Waals surface area contributed by atoms with Crippen molar-refractivity contribution >= 4 is 23.3 Å². The Balaban J connectivity index is 1.92. The number of nitrogens with zero attached hydrogens (tertiary/aromatic N) is 2. The first-order valence-electron chi connectivity index (χ1n) is 8.24. The number of nitrogens with one attached hydrogen (secondary N) is 3. The molecular weight excluding hydrogens is 318 g/mol. The highest BCUT2D eigenvalue weighted by Gasteiger charge is 2.29. The minimum absolute atomic E-state index is 0.320. The number of hydrogen-bond donors (Lipinski definition) is 3. The number of aromatic nitrogens is 2. The van der Waals surface area contributed by atoms with E-state index in [0.717, 1.165) is 6.54 Å². The second-order valence-corrected chi connectivity index (χ2v) is 6.87. The molecule has 0 aliphatic heterocycles. The molecule has 3 amide bonds. The molecule has 0 spiro atoms. The van der Waals surface area contributed by atoms with Gasteiger partial charge in [0.1, 0.15) is 5.54 Å². The lowest BCUT2D eigenvalue weighted by atomic mass is 10.0. The molecule has 1 heterocycles. The summed E-state index contributed by atoms with van der Waals surface area (Å²) in [5.74, 6) is 0.142. The Labute approximate surface area is 147 Å². The molecular formula is C18H25N5O2. The van der Waals surface area contributed by atoms with Crippen LogP contribution >= 0.6 is 0 Å². The van der Waals surface area contributed by atoms with Crippen molar-refractivity contribution in [3.05, 3.63) is 42.7 Å². The van der Waals surface area contributed by atoms with Crippen molar-refractivity contribution < 1.29 is 9.59 Å². The number of anilines is 2. The molecule has 0 atom stereocenters. The van der Waals surface area contributed by atoms with Crippen LogP contribution in [-0.2, 0) is 11.3 Å². The van der Waals surface area contributed by atoms with Gasteiger partial charge in [-0.25, -0.2) is 4.79 Å². The fraction of sp³-hybridized carbons (Fsp3) is 0.389. The van der Waals surface area contributed by atoms with Gasteiger partial charge >= 0.3 is 6.03 Å². The Bertz CT molecular complexity index is 722. The first-order chi connectivity index (χ1) is 11.8. The topological polar surface area (TPSA) is 88.0 Å². The van der Waals surface area contributed by atoms with E-state index in [1.165, 1.54) is 0 Å². The number of para-hydroxylation sites is 1. The van der Waals surface area contributed by atoms with Gasteiger partial charge in [0.25, 0.3) is 0 Å². The first kappa shape index (κ1) is 18.5. The number of carbonyl (C=O) groups is 2. The van der Waals surface area contributed by atoms with Crippen LogP contribution in [0.1, 0.15) is 27.7 Å². The molecule has 0 bridgehead atoms. The summed E-state index contributed by atoms with van der Waals surface area (Å²) in [5, 5.41) is 12.4. The third-order valence-corrected chi connectivity index (χ3v) is 3.47. The monoisotopic (exact) mass is 343 g/mol. The van der Waals surface area contributed by atoms with Crippen LogP contribution in [0.5, 0.6) is 0 Å². The number of rotatable bonds is 6. The number of benzene rings is 1. The molecule has 25 heavy (non-hydrogen) atoms. The molecule has 1 aromatic heterocycles. The van der Waals surface area contributed by atoms with E-state index in [1.807, 2.05) is 18.2 Å². The lowest BCUT2D eigenvalue weighted by molar-refractivity contribution is -0.120. The summed E-state index contributed by atoms with van der Waals surface area (Å²) in [6.07, 6.45) is 3.37. The maximum atomic E-state index is 12.5. The van der Waals surface area contributed by atoms with Gasteiger partial charge in [-0.15, -0.1) is 0 Å². The highest BCUT2D eigenvalue weighted by molar-refractivity contribution is 6.01. The number of carbonyl (C=O) groups excluding carboxylic acids is 2. The Kier molecular flexibility index (Phi) is 5.80. The van der Waals surface area contributed by atoms with Crippen LogP contribution in [0.4, 0.5) is 16.2 Å². The van der Waals surface area contributed by atoms with Gasteiger partial charge in [-0.3, -0.25) is 9.48 Å². The van der Waals surface area contributed by atoms with Crippen LogP contribution in [0.3, 0.4) is 0 Å². The number of amides is 3. The summed E-state index contributed by atoms with van der Waals surface area (Å²) < 4.78 is 1.78. The average Bonchev–Trinajstić information content (AvgIpc) is 2.93. The molecule has 134 valence electrons. The Hall–Kier alpha value is -2.83. The zero-order chi connectivity index (χ0) is 18.4. The van der Waals surface area contributed by atoms with Gasteiger partial charge in [0.15, 0.2) is 0 Å². The van der Waals surface area contributed by atoms with Crippen LogP contribution in [-0.4, -0.2) is 27.3 Å². The van der Waals surface area contributed by atoms with Gasteiger partial charge in [0.05, 0.1) is 11.9 Å². The second kappa shape index (κ2) is 7.83. The van der Waals surface area contributed by atoms with Crippen molar-refractivity contribution in [2.75, 3.05) is 10.6 Å². The molecule has 2 rings (SSSR count). The average molecular weight is 343 g/mol. The molecule has 1 aromatic carbocycles.